The molecule has 2 rings (SSSR count). The lowest BCUT2D eigenvalue weighted by Gasteiger charge is -2.34. The topological polar surface area (TPSA) is 42.9 Å². The van der Waals surface area contributed by atoms with Gasteiger partial charge in [-0.15, -0.1) is 11.8 Å². The Hall–Kier alpha value is -1.31. The molecule has 5 nitrogen and oxygen atoms in total. The van der Waals surface area contributed by atoms with Crippen LogP contribution in [0, 0.1) is 5.82 Å². The zero-order valence-electron chi connectivity index (χ0n) is 18.1. The van der Waals surface area contributed by atoms with E-state index >= 15 is 0 Å². The Morgan fingerprint density at radius 3 is 2.41 bits per heavy atom. The van der Waals surface area contributed by atoms with Crippen LogP contribution in [0.4, 0.5) is 4.39 Å². The average molecular weight is 424 g/mol. The van der Waals surface area contributed by atoms with E-state index < -0.39 is 0 Å². The van der Waals surface area contributed by atoms with Crippen molar-refractivity contribution in [3.05, 3.63) is 30.1 Å². The van der Waals surface area contributed by atoms with Gasteiger partial charge in [0, 0.05) is 50.7 Å². The van der Waals surface area contributed by atoms with Crippen molar-refractivity contribution in [2.75, 3.05) is 64.7 Å². The highest BCUT2D eigenvalue weighted by atomic mass is 32.2. The molecule has 1 saturated heterocycles. The molecule has 29 heavy (non-hydrogen) atoms. The number of hydrogen-bond donors (Lipinski definition) is 2. The first-order valence-electron chi connectivity index (χ1n) is 11.1. The predicted octanol–water partition coefficient (Wildman–Crippen LogP) is 3.28. The molecule has 7 heteroatoms. The second kappa shape index (κ2) is 14.6. The van der Waals surface area contributed by atoms with E-state index in [2.05, 4.69) is 39.3 Å². The van der Waals surface area contributed by atoms with Crippen LogP contribution in [0.5, 0.6) is 0 Å². The maximum atomic E-state index is 12.9. The van der Waals surface area contributed by atoms with Crippen LogP contribution in [0.15, 0.2) is 34.2 Å². The minimum Gasteiger partial charge on any atom is -0.357 e. The molecule has 1 aromatic carbocycles. The van der Waals surface area contributed by atoms with Gasteiger partial charge in [0.15, 0.2) is 5.96 Å². The standard InChI is InChI=1S/C22H38FN5S/c1-3-24-22(26-13-7-19-29-21-10-8-20(23)9-11-21)25-12-5-6-14-28-17-15-27(4-2)16-18-28/h8-11H,3-7,12-19H2,1-2H3,(H2,24,25,26). The summed E-state index contributed by atoms with van der Waals surface area (Å²) < 4.78 is 12.9. The fourth-order valence-corrected chi connectivity index (χ4v) is 4.15. The molecule has 0 saturated carbocycles. The summed E-state index contributed by atoms with van der Waals surface area (Å²) in [6, 6.07) is 6.69. The summed E-state index contributed by atoms with van der Waals surface area (Å²) in [7, 11) is 0. The lowest BCUT2D eigenvalue weighted by molar-refractivity contribution is 0.136. The van der Waals surface area contributed by atoms with Crippen molar-refractivity contribution in [2.24, 2.45) is 4.99 Å². The van der Waals surface area contributed by atoms with Gasteiger partial charge in [0.05, 0.1) is 0 Å². The molecule has 0 unspecified atom stereocenters. The summed E-state index contributed by atoms with van der Waals surface area (Å²) in [5.41, 5.74) is 0. The number of halogens is 1. The zero-order valence-corrected chi connectivity index (χ0v) is 18.9. The normalized spacial score (nSPS) is 16.2. The van der Waals surface area contributed by atoms with Crippen LogP contribution in [0.2, 0.25) is 0 Å². The van der Waals surface area contributed by atoms with Crippen LogP contribution in [0.3, 0.4) is 0 Å². The van der Waals surface area contributed by atoms with Gasteiger partial charge in [-0.25, -0.2) is 4.39 Å². The van der Waals surface area contributed by atoms with Crippen LogP contribution in [-0.2, 0) is 0 Å². The number of unbranched alkanes of at least 4 members (excludes halogenated alkanes) is 1. The highest BCUT2D eigenvalue weighted by molar-refractivity contribution is 7.99. The molecule has 0 atom stereocenters. The summed E-state index contributed by atoms with van der Waals surface area (Å²) in [6.45, 7) is 14.2. The number of nitrogens with one attached hydrogen (secondary N) is 2. The Bertz CT molecular complexity index is 573. The number of thioether (sulfide) groups is 1. The van der Waals surface area contributed by atoms with Crippen molar-refractivity contribution in [2.45, 2.75) is 38.0 Å². The van der Waals surface area contributed by atoms with E-state index in [-0.39, 0.29) is 5.82 Å². The third kappa shape index (κ3) is 10.3. The molecule has 0 amide bonds. The number of piperazine rings is 1. The second-order valence-corrected chi connectivity index (χ2v) is 8.49. The number of hydrogen-bond acceptors (Lipinski definition) is 4. The number of rotatable bonds is 12. The van der Waals surface area contributed by atoms with Gasteiger partial charge in [-0.1, -0.05) is 6.92 Å². The Labute approximate surface area is 180 Å². The fourth-order valence-electron chi connectivity index (χ4n) is 3.31. The van der Waals surface area contributed by atoms with Crippen molar-refractivity contribution < 1.29 is 4.39 Å². The van der Waals surface area contributed by atoms with E-state index in [1.807, 2.05) is 12.1 Å². The first-order chi connectivity index (χ1) is 14.2. The van der Waals surface area contributed by atoms with E-state index in [1.54, 1.807) is 11.8 Å². The highest BCUT2D eigenvalue weighted by Gasteiger charge is 2.14. The minimum absolute atomic E-state index is 0.181. The smallest absolute Gasteiger partial charge is 0.191 e. The SMILES string of the molecule is CCNC(=NCCCSc1ccc(F)cc1)NCCCCN1CCN(CC)CC1. The molecule has 2 N–H and O–H groups in total. The van der Waals surface area contributed by atoms with Gasteiger partial charge < -0.3 is 20.4 Å². The second-order valence-electron chi connectivity index (χ2n) is 7.33. The number of guanidine groups is 1. The summed E-state index contributed by atoms with van der Waals surface area (Å²) in [5, 5.41) is 6.78. The van der Waals surface area contributed by atoms with Crippen molar-refractivity contribution in [3.8, 4) is 0 Å². The minimum atomic E-state index is -0.181. The molecule has 0 spiro atoms. The largest absolute Gasteiger partial charge is 0.357 e. The maximum Gasteiger partial charge on any atom is 0.191 e. The Morgan fingerprint density at radius 2 is 1.72 bits per heavy atom. The Morgan fingerprint density at radius 1 is 1.00 bits per heavy atom. The fraction of sp³-hybridized carbons (Fsp3) is 0.682. The van der Waals surface area contributed by atoms with E-state index in [9.17, 15) is 4.39 Å². The van der Waals surface area contributed by atoms with Gasteiger partial charge in [0.2, 0.25) is 0 Å². The molecule has 1 aliphatic heterocycles. The van der Waals surface area contributed by atoms with Gasteiger partial charge in [0.25, 0.3) is 0 Å². The lowest BCUT2D eigenvalue weighted by atomic mass is 10.2. The Kier molecular flexibility index (Phi) is 12.1. The van der Waals surface area contributed by atoms with Crippen molar-refractivity contribution in [1.82, 2.24) is 20.4 Å². The quantitative estimate of drug-likeness (QED) is 0.234. The summed E-state index contributed by atoms with van der Waals surface area (Å²) in [6.07, 6.45) is 3.40. The third-order valence-corrected chi connectivity index (χ3v) is 6.20. The predicted molar refractivity (Wildman–Crippen MR) is 124 cm³/mol. The van der Waals surface area contributed by atoms with Crippen molar-refractivity contribution in [1.29, 1.82) is 0 Å². The summed E-state index contributed by atoms with van der Waals surface area (Å²) >= 11 is 1.75. The van der Waals surface area contributed by atoms with E-state index in [0.29, 0.717) is 0 Å². The molecule has 1 aromatic rings. The van der Waals surface area contributed by atoms with E-state index in [4.69, 9.17) is 0 Å². The van der Waals surface area contributed by atoms with Gasteiger partial charge in [-0.05, 0) is 69.3 Å². The Balaban J connectivity index is 1.54. The molecule has 1 fully saturated rings. The first-order valence-corrected chi connectivity index (χ1v) is 12.0. The van der Waals surface area contributed by atoms with Crippen LogP contribution in [0.1, 0.15) is 33.1 Å². The van der Waals surface area contributed by atoms with E-state index in [0.717, 1.165) is 42.7 Å². The molecule has 164 valence electrons. The van der Waals surface area contributed by atoms with Crippen LogP contribution in [0.25, 0.3) is 0 Å². The first kappa shape index (κ1) is 24.0. The molecule has 0 radical (unpaired) electrons. The third-order valence-electron chi connectivity index (χ3n) is 5.10. The zero-order chi connectivity index (χ0) is 20.7. The highest BCUT2D eigenvalue weighted by Crippen LogP contribution is 2.18. The van der Waals surface area contributed by atoms with Crippen LogP contribution in [-0.4, -0.2) is 80.4 Å². The van der Waals surface area contributed by atoms with Gasteiger partial charge in [-0.2, -0.15) is 0 Å². The number of benzene rings is 1. The number of likely N-dealkylation sites (N-methyl/N-ethyl adjacent to an activating group) is 1. The number of nitrogens with zero attached hydrogens (tertiary/aromatic N) is 3. The van der Waals surface area contributed by atoms with Gasteiger partial charge in [-0.3, -0.25) is 4.99 Å². The summed E-state index contributed by atoms with van der Waals surface area (Å²) in [4.78, 5) is 10.9. The van der Waals surface area contributed by atoms with E-state index in [1.165, 1.54) is 64.2 Å². The van der Waals surface area contributed by atoms with Crippen LogP contribution >= 0.6 is 11.8 Å². The molecular weight excluding hydrogens is 385 g/mol. The maximum absolute atomic E-state index is 12.9. The molecule has 1 aliphatic rings. The summed E-state index contributed by atoms with van der Waals surface area (Å²) in [5.74, 6) is 1.72. The van der Waals surface area contributed by atoms with Crippen molar-refractivity contribution in [3.63, 3.8) is 0 Å². The average Bonchev–Trinajstić information content (AvgIpc) is 2.75. The monoisotopic (exact) mass is 423 g/mol. The molecule has 1 heterocycles. The molecular formula is C22H38FN5S. The molecule has 0 bridgehead atoms. The van der Waals surface area contributed by atoms with Crippen LogP contribution < -0.4 is 10.6 Å². The number of aliphatic imine (C=N–C) groups is 1. The molecule has 0 aromatic heterocycles. The van der Waals surface area contributed by atoms with Crippen molar-refractivity contribution >= 4 is 17.7 Å². The lowest BCUT2D eigenvalue weighted by Crippen LogP contribution is -2.46. The molecule has 0 aliphatic carbocycles. The van der Waals surface area contributed by atoms with Gasteiger partial charge in [0.1, 0.15) is 5.82 Å². The van der Waals surface area contributed by atoms with Gasteiger partial charge >= 0.3 is 0 Å².